The maximum absolute atomic E-state index is 4.74. The molecule has 110 valence electrons. The standard InChI is InChI=1S/C16H30N2S/c1-4-12-7-9-14(10-8-12)18-16-17-11-15(19-16)13(5-2)6-3/h12-15H,4-11H2,1-3H3,(H,17,18). The number of hydrogen-bond acceptors (Lipinski definition) is 3. The summed E-state index contributed by atoms with van der Waals surface area (Å²) in [5.41, 5.74) is 0. The summed E-state index contributed by atoms with van der Waals surface area (Å²) >= 11 is 2.01. The number of hydrogen-bond donors (Lipinski definition) is 1. The Hall–Kier alpha value is -0.180. The van der Waals surface area contributed by atoms with E-state index < -0.39 is 0 Å². The monoisotopic (exact) mass is 282 g/mol. The largest absolute Gasteiger partial charge is 0.362 e. The Bertz CT molecular complexity index is 291. The fraction of sp³-hybridized carbons (Fsp3) is 0.938. The molecule has 0 bridgehead atoms. The van der Waals surface area contributed by atoms with E-state index in [9.17, 15) is 0 Å². The maximum Gasteiger partial charge on any atom is 0.157 e. The van der Waals surface area contributed by atoms with Crippen LogP contribution in [0.3, 0.4) is 0 Å². The van der Waals surface area contributed by atoms with E-state index in [1.807, 2.05) is 11.8 Å². The summed E-state index contributed by atoms with van der Waals surface area (Å²) in [5.74, 6) is 1.82. The number of nitrogens with one attached hydrogen (secondary N) is 1. The molecule has 0 saturated heterocycles. The third-order valence-electron chi connectivity index (χ3n) is 5.00. The van der Waals surface area contributed by atoms with Gasteiger partial charge in [-0.15, -0.1) is 0 Å². The van der Waals surface area contributed by atoms with Crippen molar-refractivity contribution in [2.24, 2.45) is 16.8 Å². The van der Waals surface area contributed by atoms with Gasteiger partial charge in [0.2, 0.25) is 0 Å². The SMILES string of the molecule is CCC1CCC(NC2=NCC(C(CC)CC)S2)CC1. The minimum atomic E-state index is 0.689. The number of amidine groups is 1. The molecule has 1 saturated carbocycles. The van der Waals surface area contributed by atoms with Gasteiger partial charge in [-0.3, -0.25) is 4.99 Å². The third kappa shape index (κ3) is 4.14. The fourth-order valence-corrected chi connectivity index (χ4v) is 4.82. The summed E-state index contributed by atoms with van der Waals surface area (Å²) < 4.78 is 0. The third-order valence-corrected chi connectivity index (χ3v) is 6.31. The molecule has 0 spiro atoms. The highest BCUT2D eigenvalue weighted by Gasteiger charge is 2.28. The number of aliphatic imine (C=N–C) groups is 1. The van der Waals surface area contributed by atoms with Crippen LogP contribution in [0.25, 0.3) is 0 Å². The van der Waals surface area contributed by atoms with Gasteiger partial charge in [0, 0.05) is 11.3 Å². The summed E-state index contributed by atoms with van der Waals surface area (Å²) in [6.45, 7) is 7.98. The summed E-state index contributed by atoms with van der Waals surface area (Å²) in [6, 6.07) is 0.689. The van der Waals surface area contributed by atoms with Gasteiger partial charge in [0.1, 0.15) is 0 Å². The van der Waals surface area contributed by atoms with Gasteiger partial charge in [-0.05, 0) is 37.5 Å². The Kier molecular flexibility index (Phi) is 6.06. The molecule has 3 heteroatoms. The molecular weight excluding hydrogens is 252 g/mol. The normalized spacial score (nSPS) is 31.6. The molecule has 1 aliphatic carbocycles. The zero-order chi connectivity index (χ0) is 13.7. The number of nitrogens with zero attached hydrogens (tertiary/aromatic N) is 1. The van der Waals surface area contributed by atoms with Gasteiger partial charge in [0.15, 0.2) is 5.17 Å². The molecule has 2 aliphatic rings. The molecule has 0 aromatic heterocycles. The van der Waals surface area contributed by atoms with Crippen LogP contribution in [0.4, 0.5) is 0 Å². The van der Waals surface area contributed by atoms with E-state index in [1.165, 1.54) is 50.1 Å². The highest BCUT2D eigenvalue weighted by molar-refractivity contribution is 8.14. The van der Waals surface area contributed by atoms with Crippen LogP contribution >= 0.6 is 11.8 Å². The average Bonchev–Trinajstić information content (AvgIpc) is 2.89. The van der Waals surface area contributed by atoms with E-state index in [0.717, 1.165) is 23.6 Å². The van der Waals surface area contributed by atoms with Crippen molar-refractivity contribution < 1.29 is 0 Å². The molecule has 0 amide bonds. The fourth-order valence-electron chi connectivity index (χ4n) is 3.42. The van der Waals surface area contributed by atoms with Crippen molar-refractivity contribution in [2.45, 2.75) is 77.0 Å². The molecular formula is C16H30N2S. The van der Waals surface area contributed by atoms with Crippen molar-refractivity contribution in [1.82, 2.24) is 5.32 Å². The van der Waals surface area contributed by atoms with Gasteiger partial charge in [0.25, 0.3) is 0 Å². The minimum absolute atomic E-state index is 0.689. The molecule has 1 heterocycles. The molecule has 0 aromatic carbocycles. The second-order valence-corrected chi connectivity index (χ2v) is 7.38. The van der Waals surface area contributed by atoms with E-state index in [-0.39, 0.29) is 0 Å². The first-order chi connectivity index (χ1) is 9.26. The Morgan fingerprint density at radius 1 is 1.16 bits per heavy atom. The van der Waals surface area contributed by atoms with Crippen LogP contribution in [-0.4, -0.2) is 23.0 Å². The number of thioether (sulfide) groups is 1. The molecule has 1 atom stereocenters. The zero-order valence-electron chi connectivity index (χ0n) is 12.8. The lowest BCUT2D eigenvalue weighted by atomic mass is 9.85. The zero-order valence-corrected chi connectivity index (χ0v) is 13.6. The lowest BCUT2D eigenvalue weighted by Gasteiger charge is -2.29. The van der Waals surface area contributed by atoms with Crippen LogP contribution in [0.2, 0.25) is 0 Å². The molecule has 1 N–H and O–H groups in total. The van der Waals surface area contributed by atoms with Crippen molar-refractivity contribution in [2.75, 3.05) is 6.54 Å². The molecule has 1 unspecified atom stereocenters. The Morgan fingerprint density at radius 2 is 1.84 bits per heavy atom. The molecule has 2 nitrogen and oxygen atoms in total. The van der Waals surface area contributed by atoms with Crippen molar-refractivity contribution in [3.8, 4) is 0 Å². The summed E-state index contributed by atoms with van der Waals surface area (Å²) in [4.78, 5) is 4.74. The van der Waals surface area contributed by atoms with E-state index in [1.54, 1.807) is 0 Å². The van der Waals surface area contributed by atoms with Crippen LogP contribution in [0.15, 0.2) is 4.99 Å². The van der Waals surface area contributed by atoms with E-state index in [4.69, 9.17) is 4.99 Å². The van der Waals surface area contributed by atoms with Gasteiger partial charge in [-0.1, -0.05) is 51.8 Å². The van der Waals surface area contributed by atoms with Crippen LogP contribution < -0.4 is 5.32 Å². The second kappa shape index (κ2) is 7.56. The van der Waals surface area contributed by atoms with Gasteiger partial charge in [-0.2, -0.15) is 0 Å². The minimum Gasteiger partial charge on any atom is -0.362 e. The molecule has 1 fully saturated rings. The maximum atomic E-state index is 4.74. The van der Waals surface area contributed by atoms with Crippen LogP contribution in [0, 0.1) is 11.8 Å². The summed E-state index contributed by atoms with van der Waals surface area (Å²) in [6.07, 6.45) is 9.43. The highest BCUT2D eigenvalue weighted by atomic mass is 32.2. The van der Waals surface area contributed by atoms with Crippen LogP contribution in [0.1, 0.15) is 65.7 Å². The predicted molar refractivity (Wildman–Crippen MR) is 86.9 cm³/mol. The lowest BCUT2D eigenvalue weighted by molar-refractivity contribution is 0.306. The smallest absolute Gasteiger partial charge is 0.157 e. The first-order valence-corrected chi connectivity index (χ1v) is 9.12. The lowest BCUT2D eigenvalue weighted by Crippen LogP contribution is -2.36. The first kappa shape index (κ1) is 15.2. The van der Waals surface area contributed by atoms with Crippen molar-refractivity contribution in [3.63, 3.8) is 0 Å². The van der Waals surface area contributed by atoms with E-state index in [2.05, 4.69) is 26.1 Å². The van der Waals surface area contributed by atoms with Crippen molar-refractivity contribution in [3.05, 3.63) is 0 Å². The summed E-state index contributed by atoms with van der Waals surface area (Å²) in [7, 11) is 0. The predicted octanol–water partition coefficient (Wildman–Crippen LogP) is 4.45. The Balaban J connectivity index is 1.73. The Labute approximate surface area is 123 Å². The van der Waals surface area contributed by atoms with Crippen LogP contribution in [0.5, 0.6) is 0 Å². The van der Waals surface area contributed by atoms with E-state index >= 15 is 0 Å². The quantitative estimate of drug-likeness (QED) is 0.805. The van der Waals surface area contributed by atoms with Crippen molar-refractivity contribution in [1.29, 1.82) is 0 Å². The van der Waals surface area contributed by atoms with Crippen molar-refractivity contribution >= 4 is 16.9 Å². The molecule has 0 aromatic rings. The summed E-state index contributed by atoms with van der Waals surface area (Å²) in [5, 5.41) is 5.67. The first-order valence-electron chi connectivity index (χ1n) is 8.24. The van der Waals surface area contributed by atoms with Gasteiger partial charge in [-0.25, -0.2) is 0 Å². The number of rotatable bonds is 5. The average molecular weight is 282 g/mol. The van der Waals surface area contributed by atoms with E-state index in [0.29, 0.717) is 6.04 Å². The van der Waals surface area contributed by atoms with Gasteiger partial charge in [0.05, 0.1) is 6.54 Å². The topological polar surface area (TPSA) is 24.4 Å². The van der Waals surface area contributed by atoms with Gasteiger partial charge >= 0.3 is 0 Å². The molecule has 1 aliphatic heterocycles. The highest BCUT2D eigenvalue weighted by Crippen LogP contribution is 2.32. The Morgan fingerprint density at radius 3 is 2.42 bits per heavy atom. The second-order valence-electron chi connectivity index (χ2n) is 6.15. The van der Waals surface area contributed by atoms with Crippen LogP contribution in [-0.2, 0) is 0 Å². The molecule has 2 rings (SSSR count). The molecule has 19 heavy (non-hydrogen) atoms. The molecule has 0 radical (unpaired) electrons. The van der Waals surface area contributed by atoms with Gasteiger partial charge < -0.3 is 5.32 Å².